The number of pyridine rings is 1. The Balaban J connectivity index is 1.74. The lowest BCUT2D eigenvalue weighted by atomic mass is 10.2. The summed E-state index contributed by atoms with van der Waals surface area (Å²) < 4.78 is 7.90. The van der Waals surface area contributed by atoms with Crippen LogP contribution in [0.2, 0.25) is 25.7 Å². The molecule has 0 spiro atoms. The Hall–Kier alpha value is -1.73. The predicted molar refractivity (Wildman–Crippen MR) is 103 cm³/mol. The fourth-order valence-electron chi connectivity index (χ4n) is 2.90. The third kappa shape index (κ3) is 4.46. The van der Waals surface area contributed by atoms with E-state index in [2.05, 4.69) is 52.7 Å². The molecule has 7 heteroatoms. The third-order valence-electron chi connectivity index (χ3n) is 4.47. The number of aromatic nitrogens is 4. The van der Waals surface area contributed by atoms with Gasteiger partial charge >= 0.3 is 0 Å². The van der Waals surface area contributed by atoms with E-state index in [-0.39, 0.29) is 0 Å². The minimum absolute atomic E-state index is 0.626. The standard InChI is InChI=1S/C18H29N5OSi/c1-5-6-7-22-12-17-21-20-14-23(17)18-16(22)10-15(11-19-18)13-24-8-9-25(2,3)4/h10-11,14H,5-9,12-13H2,1-4H3. The summed E-state index contributed by atoms with van der Waals surface area (Å²) in [5.41, 5.74) is 2.29. The number of ether oxygens (including phenoxy) is 1. The van der Waals surface area contributed by atoms with Crippen LogP contribution in [-0.4, -0.2) is 41.0 Å². The molecule has 0 saturated carbocycles. The van der Waals surface area contributed by atoms with Gasteiger partial charge in [-0.25, -0.2) is 4.98 Å². The van der Waals surface area contributed by atoms with Crippen LogP contribution >= 0.6 is 0 Å². The van der Waals surface area contributed by atoms with E-state index in [0.717, 1.165) is 49.0 Å². The summed E-state index contributed by atoms with van der Waals surface area (Å²) >= 11 is 0. The molecule has 2 aromatic heterocycles. The molecule has 0 bridgehead atoms. The molecule has 0 aliphatic carbocycles. The number of rotatable bonds is 8. The van der Waals surface area contributed by atoms with Crippen molar-refractivity contribution in [1.29, 1.82) is 0 Å². The van der Waals surface area contributed by atoms with Crippen molar-refractivity contribution < 1.29 is 4.74 Å². The molecule has 25 heavy (non-hydrogen) atoms. The predicted octanol–water partition coefficient (Wildman–Crippen LogP) is 3.64. The van der Waals surface area contributed by atoms with Gasteiger partial charge in [0.25, 0.3) is 0 Å². The van der Waals surface area contributed by atoms with Crippen LogP contribution < -0.4 is 4.90 Å². The minimum atomic E-state index is -1.04. The van der Waals surface area contributed by atoms with Crippen molar-refractivity contribution in [3.63, 3.8) is 0 Å². The van der Waals surface area contributed by atoms with Crippen LogP contribution in [0, 0.1) is 0 Å². The van der Waals surface area contributed by atoms with Gasteiger partial charge in [-0.05, 0) is 24.1 Å². The summed E-state index contributed by atoms with van der Waals surface area (Å²) in [7, 11) is -1.04. The zero-order valence-corrected chi connectivity index (χ0v) is 16.8. The second kappa shape index (κ2) is 7.66. The van der Waals surface area contributed by atoms with E-state index in [1.807, 2.05) is 10.8 Å². The fourth-order valence-corrected chi connectivity index (χ4v) is 3.66. The molecule has 3 heterocycles. The molecular formula is C18H29N5OSi. The highest BCUT2D eigenvalue weighted by molar-refractivity contribution is 6.76. The first kappa shape index (κ1) is 18.1. The number of fused-ring (bicyclic) bond motifs is 3. The van der Waals surface area contributed by atoms with Gasteiger partial charge in [0.15, 0.2) is 11.6 Å². The van der Waals surface area contributed by atoms with Crippen molar-refractivity contribution in [3.8, 4) is 5.82 Å². The number of hydrogen-bond acceptors (Lipinski definition) is 5. The molecule has 3 rings (SSSR count). The lowest BCUT2D eigenvalue weighted by Gasteiger charge is -2.30. The average molecular weight is 360 g/mol. The number of anilines is 1. The molecule has 0 saturated heterocycles. The Kier molecular flexibility index (Phi) is 5.53. The summed E-state index contributed by atoms with van der Waals surface area (Å²) in [6.45, 7) is 12.6. The molecule has 0 fully saturated rings. The monoisotopic (exact) mass is 359 g/mol. The largest absolute Gasteiger partial charge is 0.377 e. The molecule has 0 aromatic carbocycles. The van der Waals surface area contributed by atoms with Gasteiger partial charge in [0.2, 0.25) is 0 Å². The van der Waals surface area contributed by atoms with Crippen molar-refractivity contribution in [1.82, 2.24) is 19.7 Å². The minimum Gasteiger partial charge on any atom is -0.377 e. The smallest absolute Gasteiger partial charge is 0.163 e. The van der Waals surface area contributed by atoms with E-state index in [4.69, 9.17) is 4.74 Å². The quantitative estimate of drug-likeness (QED) is 0.532. The highest BCUT2D eigenvalue weighted by Crippen LogP contribution is 2.30. The van der Waals surface area contributed by atoms with E-state index in [1.165, 1.54) is 12.5 Å². The van der Waals surface area contributed by atoms with E-state index in [0.29, 0.717) is 6.61 Å². The zero-order chi connectivity index (χ0) is 17.9. The summed E-state index contributed by atoms with van der Waals surface area (Å²) in [4.78, 5) is 7.05. The molecule has 0 unspecified atom stereocenters. The average Bonchev–Trinajstić information content (AvgIpc) is 3.04. The Labute approximate surface area is 151 Å². The molecule has 6 nitrogen and oxygen atoms in total. The first-order valence-corrected chi connectivity index (χ1v) is 12.9. The van der Waals surface area contributed by atoms with Gasteiger partial charge in [0.1, 0.15) is 6.33 Å². The summed E-state index contributed by atoms with van der Waals surface area (Å²) in [6.07, 6.45) is 6.00. The van der Waals surface area contributed by atoms with Crippen molar-refractivity contribution in [2.24, 2.45) is 0 Å². The van der Waals surface area contributed by atoms with Gasteiger partial charge in [-0.3, -0.25) is 4.57 Å². The van der Waals surface area contributed by atoms with E-state index >= 15 is 0 Å². The number of nitrogens with zero attached hydrogens (tertiary/aromatic N) is 5. The maximum absolute atomic E-state index is 5.90. The lowest BCUT2D eigenvalue weighted by molar-refractivity contribution is 0.133. The van der Waals surface area contributed by atoms with Gasteiger partial charge in [0.05, 0.1) is 18.8 Å². The highest BCUT2D eigenvalue weighted by atomic mass is 28.3. The molecule has 0 atom stereocenters. The van der Waals surface area contributed by atoms with Crippen LogP contribution in [0.25, 0.3) is 5.82 Å². The highest BCUT2D eigenvalue weighted by Gasteiger charge is 2.24. The van der Waals surface area contributed by atoms with Gasteiger partial charge < -0.3 is 9.64 Å². The summed E-state index contributed by atoms with van der Waals surface area (Å²) in [5, 5.41) is 8.28. The van der Waals surface area contributed by atoms with Crippen molar-refractivity contribution in [2.75, 3.05) is 18.1 Å². The Morgan fingerprint density at radius 3 is 2.88 bits per heavy atom. The summed E-state index contributed by atoms with van der Waals surface area (Å²) in [5.74, 6) is 1.88. The maximum atomic E-state index is 5.90. The first-order chi connectivity index (χ1) is 12.0. The molecule has 136 valence electrons. The van der Waals surface area contributed by atoms with Crippen LogP contribution in [0.15, 0.2) is 18.6 Å². The number of hydrogen-bond donors (Lipinski definition) is 0. The van der Waals surface area contributed by atoms with Gasteiger partial charge in [-0.1, -0.05) is 33.0 Å². The van der Waals surface area contributed by atoms with Gasteiger partial charge in [-0.15, -0.1) is 10.2 Å². The van der Waals surface area contributed by atoms with E-state index < -0.39 is 8.07 Å². The second-order valence-electron chi connectivity index (χ2n) is 7.94. The molecule has 0 radical (unpaired) electrons. The third-order valence-corrected chi connectivity index (χ3v) is 6.17. The normalized spacial score (nSPS) is 13.7. The fraction of sp³-hybridized carbons (Fsp3) is 0.611. The molecule has 1 aliphatic heterocycles. The molecule has 0 amide bonds. The van der Waals surface area contributed by atoms with Crippen LogP contribution in [0.1, 0.15) is 31.2 Å². The zero-order valence-electron chi connectivity index (χ0n) is 15.8. The first-order valence-electron chi connectivity index (χ1n) is 9.19. The second-order valence-corrected chi connectivity index (χ2v) is 13.6. The van der Waals surface area contributed by atoms with Crippen LogP contribution in [0.5, 0.6) is 0 Å². The van der Waals surface area contributed by atoms with Crippen LogP contribution in [0.3, 0.4) is 0 Å². The molecule has 1 aliphatic rings. The van der Waals surface area contributed by atoms with E-state index in [9.17, 15) is 0 Å². The van der Waals surface area contributed by atoms with Gasteiger partial charge in [-0.2, -0.15) is 0 Å². The Morgan fingerprint density at radius 1 is 1.28 bits per heavy atom. The topological polar surface area (TPSA) is 56.1 Å². The van der Waals surface area contributed by atoms with Crippen LogP contribution in [0.4, 0.5) is 5.69 Å². The van der Waals surface area contributed by atoms with E-state index in [1.54, 1.807) is 6.33 Å². The van der Waals surface area contributed by atoms with Gasteiger partial charge in [0, 0.05) is 27.4 Å². The maximum Gasteiger partial charge on any atom is 0.163 e. The molecular weight excluding hydrogens is 330 g/mol. The Bertz CT molecular complexity index is 710. The van der Waals surface area contributed by atoms with Crippen LogP contribution in [-0.2, 0) is 17.9 Å². The summed E-state index contributed by atoms with van der Waals surface area (Å²) in [6, 6.07) is 3.41. The molecule has 0 N–H and O–H groups in total. The number of unbranched alkanes of at least 4 members (excludes halogenated alkanes) is 1. The van der Waals surface area contributed by atoms with Crippen molar-refractivity contribution in [3.05, 3.63) is 30.0 Å². The SMILES string of the molecule is CCCCN1Cc2nncn2-c2ncc(COCC[Si](C)(C)C)cc21. The van der Waals surface area contributed by atoms with Crippen molar-refractivity contribution >= 4 is 13.8 Å². The molecule has 2 aromatic rings. The lowest BCUT2D eigenvalue weighted by Crippen LogP contribution is -2.31. The van der Waals surface area contributed by atoms with Crippen molar-refractivity contribution in [2.45, 2.75) is 58.6 Å². The Morgan fingerprint density at radius 2 is 2.12 bits per heavy atom.